The second-order valence-corrected chi connectivity index (χ2v) is 7.26. The Balaban J connectivity index is 2.99. The zero-order valence-electron chi connectivity index (χ0n) is 11.9. The summed E-state index contributed by atoms with van der Waals surface area (Å²) in [7, 11) is -3.11. The molecule has 0 aromatic rings. The predicted molar refractivity (Wildman–Crippen MR) is 68.6 cm³/mol. The first-order valence-electron chi connectivity index (χ1n) is 6.31. The van der Waals surface area contributed by atoms with Crippen molar-refractivity contribution in [3.05, 3.63) is 0 Å². The summed E-state index contributed by atoms with van der Waals surface area (Å²) in [5.74, 6) is -6.41. The second kappa shape index (κ2) is 6.39. The molecule has 126 valence electrons. The molecule has 0 bridgehead atoms. The smallest absolute Gasteiger partial charge is 0.393 e. The Kier molecular flexibility index (Phi) is 5.42. The van der Waals surface area contributed by atoms with E-state index in [-0.39, 0.29) is 6.54 Å². The zero-order valence-corrected chi connectivity index (χ0v) is 12.7. The maximum Gasteiger partial charge on any atom is 0.393 e. The van der Waals surface area contributed by atoms with Gasteiger partial charge in [-0.3, -0.25) is 4.79 Å². The lowest BCUT2D eigenvalue weighted by molar-refractivity contribution is -0.187. The molecule has 0 spiro atoms. The molecule has 7 nitrogen and oxygen atoms in total. The van der Waals surface area contributed by atoms with E-state index >= 15 is 0 Å². The molecule has 0 radical (unpaired) electrons. The highest BCUT2D eigenvalue weighted by molar-refractivity contribution is 7.86. The standard InChI is InChI=1S/C11H16F3N3O4S/c1-7(3-15)4-16(2)22(20,21)17-5-8(10(18)19)9(6-17)11(12,13)14/h7-9H,4-6H2,1-2H3,(H,18,19)/t7?,8-,9-/m1/s1. The van der Waals surface area contributed by atoms with Gasteiger partial charge in [0.1, 0.15) is 0 Å². The first-order valence-corrected chi connectivity index (χ1v) is 7.71. The summed E-state index contributed by atoms with van der Waals surface area (Å²) >= 11 is 0. The Labute approximate surface area is 126 Å². The lowest BCUT2D eigenvalue weighted by Gasteiger charge is -2.24. The summed E-state index contributed by atoms with van der Waals surface area (Å²) in [6.07, 6.45) is -4.80. The van der Waals surface area contributed by atoms with Gasteiger partial charge in [0.15, 0.2) is 0 Å². The van der Waals surface area contributed by atoms with E-state index in [4.69, 9.17) is 10.4 Å². The van der Waals surface area contributed by atoms with Crippen LogP contribution in [0.1, 0.15) is 6.92 Å². The van der Waals surface area contributed by atoms with Crippen molar-refractivity contribution < 1.29 is 31.5 Å². The lowest BCUT2D eigenvalue weighted by Crippen LogP contribution is -2.43. The topological polar surface area (TPSA) is 102 Å². The molecule has 0 aromatic carbocycles. The molecule has 0 aromatic heterocycles. The first kappa shape index (κ1) is 18.7. The fraction of sp³-hybridized carbons (Fsp3) is 0.818. The molecule has 0 amide bonds. The molecule has 0 aliphatic carbocycles. The molecule has 1 heterocycles. The maximum atomic E-state index is 12.9. The van der Waals surface area contributed by atoms with E-state index in [2.05, 4.69) is 0 Å². The third kappa shape index (κ3) is 3.88. The Hall–Kier alpha value is -1.38. The Bertz CT molecular complexity index is 572. The highest BCUT2D eigenvalue weighted by Gasteiger charge is 2.55. The maximum absolute atomic E-state index is 12.9. The van der Waals surface area contributed by atoms with Crippen LogP contribution in [0.4, 0.5) is 13.2 Å². The van der Waals surface area contributed by atoms with Gasteiger partial charge < -0.3 is 5.11 Å². The monoisotopic (exact) mass is 343 g/mol. The molecule has 1 rings (SSSR count). The number of carboxylic acids is 1. The highest BCUT2D eigenvalue weighted by atomic mass is 32.2. The normalized spacial score (nSPS) is 25.1. The minimum Gasteiger partial charge on any atom is -0.481 e. The van der Waals surface area contributed by atoms with Gasteiger partial charge in [0.2, 0.25) is 0 Å². The largest absolute Gasteiger partial charge is 0.481 e. The summed E-state index contributed by atoms with van der Waals surface area (Å²) in [6, 6.07) is 1.82. The SMILES string of the molecule is CC(C#N)CN(C)S(=O)(=O)N1C[C@@H](C(F)(F)F)[C@H](C(=O)O)C1. The average molecular weight is 343 g/mol. The quantitative estimate of drug-likeness (QED) is 0.784. The van der Waals surface area contributed by atoms with Crippen LogP contribution in [0.5, 0.6) is 0 Å². The molecular weight excluding hydrogens is 327 g/mol. The molecule has 1 aliphatic heterocycles. The summed E-state index contributed by atoms with van der Waals surface area (Å²) < 4.78 is 64.3. The van der Waals surface area contributed by atoms with Crippen LogP contribution in [-0.4, -0.2) is 61.0 Å². The molecule has 1 fully saturated rings. The van der Waals surface area contributed by atoms with Crippen LogP contribution in [0.15, 0.2) is 0 Å². The summed E-state index contributed by atoms with van der Waals surface area (Å²) in [5.41, 5.74) is 0. The van der Waals surface area contributed by atoms with Crippen molar-refractivity contribution in [3.8, 4) is 6.07 Å². The number of carboxylic acid groups (broad SMARTS) is 1. The van der Waals surface area contributed by atoms with Crippen LogP contribution in [0.25, 0.3) is 0 Å². The van der Waals surface area contributed by atoms with E-state index in [1.54, 1.807) is 0 Å². The van der Waals surface area contributed by atoms with Gasteiger partial charge in [-0.15, -0.1) is 0 Å². The van der Waals surface area contributed by atoms with Crippen molar-refractivity contribution in [3.63, 3.8) is 0 Å². The van der Waals surface area contributed by atoms with Crippen LogP contribution in [0.2, 0.25) is 0 Å². The van der Waals surface area contributed by atoms with Crippen molar-refractivity contribution in [2.75, 3.05) is 26.7 Å². The van der Waals surface area contributed by atoms with Crippen LogP contribution in [0, 0.1) is 29.1 Å². The van der Waals surface area contributed by atoms with Crippen molar-refractivity contribution >= 4 is 16.2 Å². The molecule has 3 atom stereocenters. The molecular formula is C11H16F3N3O4S. The van der Waals surface area contributed by atoms with Gasteiger partial charge in [-0.05, 0) is 6.92 Å². The lowest BCUT2D eigenvalue weighted by atomic mass is 9.96. The number of alkyl halides is 3. The minimum atomic E-state index is -4.80. The summed E-state index contributed by atoms with van der Waals surface area (Å²) in [4.78, 5) is 10.9. The Morgan fingerprint density at radius 2 is 2.05 bits per heavy atom. The Morgan fingerprint density at radius 1 is 1.50 bits per heavy atom. The third-order valence-electron chi connectivity index (χ3n) is 3.50. The van der Waals surface area contributed by atoms with Crippen LogP contribution in [0.3, 0.4) is 0 Å². The average Bonchev–Trinajstić information content (AvgIpc) is 2.84. The van der Waals surface area contributed by atoms with Gasteiger partial charge in [-0.25, -0.2) is 0 Å². The number of nitrogens with zero attached hydrogens (tertiary/aromatic N) is 3. The number of halogens is 3. The molecule has 22 heavy (non-hydrogen) atoms. The van der Waals surface area contributed by atoms with E-state index in [0.29, 0.717) is 4.31 Å². The van der Waals surface area contributed by atoms with Gasteiger partial charge >= 0.3 is 12.1 Å². The number of hydrogen-bond donors (Lipinski definition) is 1. The van der Waals surface area contributed by atoms with Gasteiger partial charge in [0.05, 0.1) is 23.8 Å². The predicted octanol–water partition coefficient (Wildman–Crippen LogP) is 0.518. The fourth-order valence-electron chi connectivity index (χ4n) is 2.26. The van der Waals surface area contributed by atoms with Gasteiger partial charge in [-0.2, -0.15) is 35.5 Å². The van der Waals surface area contributed by atoms with Crippen molar-refractivity contribution in [2.45, 2.75) is 13.1 Å². The van der Waals surface area contributed by atoms with Gasteiger partial charge in [0, 0.05) is 26.7 Å². The number of carbonyl (C=O) groups is 1. The van der Waals surface area contributed by atoms with E-state index in [1.807, 2.05) is 6.07 Å². The number of aliphatic carboxylic acids is 1. The minimum absolute atomic E-state index is 0.191. The number of hydrogen-bond acceptors (Lipinski definition) is 4. The highest BCUT2D eigenvalue weighted by Crippen LogP contribution is 2.39. The summed E-state index contributed by atoms with van der Waals surface area (Å²) in [5, 5.41) is 17.5. The molecule has 1 aliphatic rings. The van der Waals surface area contributed by atoms with Gasteiger partial charge in [0.25, 0.3) is 10.2 Å². The summed E-state index contributed by atoms with van der Waals surface area (Å²) in [6.45, 7) is -0.403. The first-order chi connectivity index (χ1) is 9.91. The molecule has 1 unspecified atom stereocenters. The third-order valence-corrected chi connectivity index (χ3v) is 5.38. The van der Waals surface area contributed by atoms with Crippen molar-refractivity contribution in [2.24, 2.45) is 17.8 Å². The zero-order chi connectivity index (χ0) is 17.3. The van der Waals surface area contributed by atoms with Crippen molar-refractivity contribution in [1.29, 1.82) is 5.26 Å². The number of nitriles is 1. The van der Waals surface area contributed by atoms with Crippen LogP contribution < -0.4 is 0 Å². The van der Waals surface area contributed by atoms with E-state index < -0.39 is 53.2 Å². The van der Waals surface area contributed by atoms with E-state index in [0.717, 1.165) is 11.4 Å². The molecule has 11 heteroatoms. The molecule has 0 saturated carbocycles. The molecule has 1 N–H and O–H groups in total. The van der Waals surface area contributed by atoms with E-state index in [1.165, 1.54) is 6.92 Å². The molecule has 1 saturated heterocycles. The number of rotatable bonds is 5. The van der Waals surface area contributed by atoms with Crippen LogP contribution in [-0.2, 0) is 15.0 Å². The fourth-order valence-corrected chi connectivity index (χ4v) is 3.76. The van der Waals surface area contributed by atoms with Crippen molar-refractivity contribution in [1.82, 2.24) is 8.61 Å². The van der Waals surface area contributed by atoms with Crippen LogP contribution >= 0.6 is 0 Å². The van der Waals surface area contributed by atoms with E-state index in [9.17, 15) is 26.4 Å². The van der Waals surface area contributed by atoms with Gasteiger partial charge in [-0.1, -0.05) is 0 Å². The second-order valence-electron chi connectivity index (χ2n) is 5.23. The Morgan fingerprint density at radius 3 is 2.41 bits per heavy atom.